The number of rotatable bonds is 5. The summed E-state index contributed by atoms with van der Waals surface area (Å²) in [5, 5.41) is 0. The lowest BCUT2D eigenvalue weighted by atomic mass is 10.0. The molecule has 1 atom stereocenters. The molecule has 1 heterocycles. The van der Waals surface area contributed by atoms with Gasteiger partial charge in [0.2, 0.25) is 0 Å². The van der Waals surface area contributed by atoms with Crippen LogP contribution in [0.25, 0.3) is 0 Å². The summed E-state index contributed by atoms with van der Waals surface area (Å²) < 4.78 is 5.19. The summed E-state index contributed by atoms with van der Waals surface area (Å²) in [6, 6.07) is 9.27. The van der Waals surface area contributed by atoms with Crippen LogP contribution in [0.4, 0.5) is 0 Å². The molecule has 2 heteroatoms. The van der Waals surface area contributed by atoms with Gasteiger partial charge >= 0.3 is 0 Å². The topological polar surface area (TPSA) is 12.5 Å². The number of ether oxygens (including phenoxy) is 1. The minimum absolute atomic E-state index is 0.753. The smallest absolute Gasteiger partial charge is 0.118 e. The molecule has 2 nitrogen and oxygen atoms in total. The molecule has 1 aromatic rings. The van der Waals surface area contributed by atoms with E-state index in [1.807, 2.05) is 0 Å². The minimum Gasteiger partial charge on any atom is -0.497 e. The molecule has 0 amide bonds. The summed E-state index contributed by atoms with van der Waals surface area (Å²) in [4.78, 5) is 2.64. The van der Waals surface area contributed by atoms with Crippen LogP contribution in [0.15, 0.2) is 24.3 Å². The van der Waals surface area contributed by atoms with Crippen molar-refractivity contribution in [3.63, 3.8) is 0 Å². The normalized spacial score (nSPS) is 20.7. The first-order valence-corrected chi connectivity index (χ1v) is 6.70. The Bertz CT molecular complexity index is 333. The van der Waals surface area contributed by atoms with Gasteiger partial charge in [-0.3, -0.25) is 0 Å². The van der Waals surface area contributed by atoms with Crippen molar-refractivity contribution in [2.75, 3.05) is 20.2 Å². The van der Waals surface area contributed by atoms with Crippen molar-refractivity contribution in [3.05, 3.63) is 29.8 Å². The summed E-state index contributed by atoms with van der Waals surface area (Å²) in [5.41, 5.74) is 1.43. The molecule has 1 fully saturated rings. The fourth-order valence-corrected chi connectivity index (χ4v) is 2.74. The van der Waals surface area contributed by atoms with E-state index in [4.69, 9.17) is 4.74 Å². The van der Waals surface area contributed by atoms with E-state index >= 15 is 0 Å². The lowest BCUT2D eigenvalue weighted by molar-refractivity contribution is 0.253. The van der Waals surface area contributed by atoms with Crippen LogP contribution in [0, 0.1) is 0 Å². The van der Waals surface area contributed by atoms with E-state index in [2.05, 4.69) is 36.1 Å². The van der Waals surface area contributed by atoms with Crippen LogP contribution >= 0.6 is 0 Å². The Morgan fingerprint density at radius 1 is 1.29 bits per heavy atom. The van der Waals surface area contributed by atoms with Crippen LogP contribution in [-0.2, 0) is 6.42 Å². The molecule has 1 aliphatic heterocycles. The summed E-state index contributed by atoms with van der Waals surface area (Å²) in [6.45, 7) is 4.80. The third-order valence-electron chi connectivity index (χ3n) is 3.64. The third kappa shape index (κ3) is 3.22. The zero-order valence-corrected chi connectivity index (χ0v) is 11.0. The SMILES string of the molecule is CCCN1CCC[C@H]1Cc1ccc(OC)cc1. The predicted molar refractivity (Wildman–Crippen MR) is 71.6 cm³/mol. The van der Waals surface area contributed by atoms with Crippen molar-refractivity contribution >= 4 is 0 Å². The van der Waals surface area contributed by atoms with Crippen LogP contribution in [0.5, 0.6) is 5.75 Å². The molecule has 0 N–H and O–H groups in total. The molecule has 0 aliphatic carbocycles. The maximum atomic E-state index is 5.19. The van der Waals surface area contributed by atoms with Gasteiger partial charge in [0.15, 0.2) is 0 Å². The van der Waals surface area contributed by atoms with Gasteiger partial charge in [0, 0.05) is 6.04 Å². The first-order valence-electron chi connectivity index (χ1n) is 6.70. The van der Waals surface area contributed by atoms with Crippen molar-refractivity contribution in [2.45, 2.75) is 38.6 Å². The number of likely N-dealkylation sites (tertiary alicyclic amines) is 1. The zero-order chi connectivity index (χ0) is 12.1. The molecule has 2 rings (SSSR count). The van der Waals surface area contributed by atoms with E-state index in [1.54, 1.807) is 7.11 Å². The quantitative estimate of drug-likeness (QED) is 0.775. The van der Waals surface area contributed by atoms with E-state index in [-0.39, 0.29) is 0 Å². The van der Waals surface area contributed by atoms with Crippen LogP contribution in [0.2, 0.25) is 0 Å². The summed E-state index contributed by atoms with van der Waals surface area (Å²) >= 11 is 0. The Morgan fingerprint density at radius 3 is 2.71 bits per heavy atom. The number of methoxy groups -OCH3 is 1. The predicted octanol–water partition coefficient (Wildman–Crippen LogP) is 3.11. The second-order valence-electron chi connectivity index (χ2n) is 4.88. The van der Waals surface area contributed by atoms with E-state index in [1.165, 1.54) is 44.3 Å². The van der Waals surface area contributed by atoms with E-state index < -0.39 is 0 Å². The lowest BCUT2D eigenvalue weighted by Crippen LogP contribution is -2.31. The minimum atomic E-state index is 0.753. The van der Waals surface area contributed by atoms with Gasteiger partial charge in [-0.1, -0.05) is 19.1 Å². The van der Waals surface area contributed by atoms with Gasteiger partial charge in [0.1, 0.15) is 5.75 Å². The maximum absolute atomic E-state index is 5.19. The fraction of sp³-hybridized carbons (Fsp3) is 0.600. The van der Waals surface area contributed by atoms with Gasteiger partial charge in [-0.05, 0) is 56.5 Å². The Hall–Kier alpha value is -1.02. The second kappa shape index (κ2) is 6.06. The van der Waals surface area contributed by atoms with Crippen LogP contribution in [-0.4, -0.2) is 31.1 Å². The third-order valence-corrected chi connectivity index (χ3v) is 3.64. The Balaban J connectivity index is 1.94. The molecule has 0 bridgehead atoms. The Morgan fingerprint density at radius 2 is 2.06 bits per heavy atom. The molecule has 0 radical (unpaired) electrons. The lowest BCUT2D eigenvalue weighted by Gasteiger charge is -2.23. The van der Waals surface area contributed by atoms with Gasteiger partial charge in [-0.25, -0.2) is 0 Å². The molecule has 94 valence electrons. The van der Waals surface area contributed by atoms with Crippen molar-refractivity contribution < 1.29 is 4.74 Å². The maximum Gasteiger partial charge on any atom is 0.118 e. The van der Waals surface area contributed by atoms with Crippen molar-refractivity contribution in [3.8, 4) is 5.75 Å². The Kier molecular flexibility index (Phi) is 4.43. The molecule has 0 unspecified atom stereocenters. The van der Waals surface area contributed by atoms with Crippen LogP contribution < -0.4 is 4.74 Å². The molecular formula is C15H23NO. The van der Waals surface area contributed by atoms with Crippen molar-refractivity contribution in [1.29, 1.82) is 0 Å². The Labute approximate surface area is 105 Å². The molecule has 1 aliphatic rings. The number of hydrogen-bond donors (Lipinski definition) is 0. The fourth-order valence-electron chi connectivity index (χ4n) is 2.74. The van der Waals surface area contributed by atoms with E-state index in [0.29, 0.717) is 0 Å². The highest BCUT2D eigenvalue weighted by Gasteiger charge is 2.23. The van der Waals surface area contributed by atoms with Crippen molar-refractivity contribution in [1.82, 2.24) is 4.90 Å². The first-order chi connectivity index (χ1) is 8.33. The number of nitrogens with zero attached hydrogens (tertiary/aromatic N) is 1. The molecule has 0 spiro atoms. The summed E-state index contributed by atoms with van der Waals surface area (Å²) in [7, 11) is 1.72. The van der Waals surface area contributed by atoms with Gasteiger partial charge in [0.25, 0.3) is 0 Å². The van der Waals surface area contributed by atoms with Crippen LogP contribution in [0.1, 0.15) is 31.7 Å². The standard InChI is InChI=1S/C15H23NO/c1-3-10-16-11-4-5-14(16)12-13-6-8-15(17-2)9-7-13/h6-9,14H,3-5,10-12H2,1-2H3/t14-/m0/s1. The highest BCUT2D eigenvalue weighted by atomic mass is 16.5. The van der Waals surface area contributed by atoms with Crippen molar-refractivity contribution in [2.24, 2.45) is 0 Å². The highest BCUT2D eigenvalue weighted by molar-refractivity contribution is 5.27. The summed E-state index contributed by atoms with van der Waals surface area (Å²) in [6.07, 6.45) is 5.16. The average molecular weight is 233 g/mol. The molecule has 1 saturated heterocycles. The molecule has 0 aromatic heterocycles. The average Bonchev–Trinajstić information content (AvgIpc) is 2.78. The molecule has 17 heavy (non-hydrogen) atoms. The van der Waals surface area contributed by atoms with E-state index in [9.17, 15) is 0 Å². The van der Waals surface area contributed by atoms with Gasteiger partial charge in [-0.15, -0.1) is 0 Å². The molecule has 1 aromatic carbocycles. The van der Waals surface area contributed by atoms with E-state index in [0.717, 1.165) is 11.8 Å². The van der Waals surface area contributed by atoms with Gasteiger partial charge in [-0.2, -0.15) is 0 Å². The van der Waals surface area contributed by atoms with Gasteiger partial charge < -0.3 is 9.64 Å². The number of hydrogen-bond acceptors (Lipinski definition) is 2. The van der Waals surface area contributed by atoms with Gasteiger partial charge in [0.05, 0.1) is 7.11 Å². The second-order valence-corrected chi connectivity index (χ2v) is 4.88. The van der Waals surface area contributed by atoms with Crippen LogP contribution in [0.3, 0.4) is 0 Å². The highest BCUT2D eigenvalue weighted by Crippen LogP contribution is 2.22. The largest absolute Gasteiger partial charge is 0.497 e. The zero-order valence-electron chi connectivity index (χ0n) is 11.0. The first kappa shape index (κ1) is 12.4. The molecule has 0 saturated carbocycles. The monoisotopic (exact) mass is 233 g/mol. The number of benzene rings is 1. The molecular weight excluding hydrogens is 210 g/mol. The summed E-state index contributed by atoms with van der Waals surface area (Å²) in [5.74, 6) is 0.950.